The molecule has 0 spiro atoms. The fourth-order valence-corrected chi connectivity index (χ4v) is 3.44. The third kappa shape index (κ3) is 5.49. The van der Waals surface area contributed by atoms with Crippen LogP contribution in [0.5, 0.6) is 0 Å². The lowest BCUT2D eigenvalue weighted by Gasteiger charge is -2.30. The first kappa shape index (κ1) is 21.6. The highest BCUT2D eigenvalue weighted by Crippen LogP contribution is 2.20. The Morgan fingerprint density at radius 1 is 1.17 bits per heavy atom. The largest absolute Gasteiger partial charge is 0.459 e. The van der Waals surface area contributed by atoms with Crippen LogP contribution < -0.4 is 10.6 Å². The monoisotopic (exact) mass is 411 g/mol. The Labute approximate surface area is 176 Å². The third-order valence-electron chi connectivity index (χ3n) is 5.61. The van der Waals surface area contributed by atoms with Crippen molar-refractivity contribution in [3.8, 4) is 0 Å². The Bertz CT molecular complexity index is 870. The molecule has 1 atom stereocenters. The van der Waals surface area contributed by atoms with Crippen LogP contribution in [0.2, 0.25) is 0 Å². The lowest BCUT2D eigenvalue weighted by atomic mass is 9.95. The third-order valence-corrected chi connectivity index (χ3v) is 5.61. The van der Waals surface area contributed by atoms with E-state index in [0.29, 0.717) is 38.2 Å². The normalized spacial score (nSPS) is 15.5. The predicted octanol–water partition coefficient (Wildman–Crippen LogP) is 3.43. The van der Waals surface area contributed by atoms with Gasteiger partial charge in [-0.2, -0.15) is 0 Å². The molecule has 1 fully saturated rings. The van der Waals surface area contributed by atoms with E-state index in [2.05, 4.69) is 10.6 Å². The molecule has 1 unspecified atom stereocenters. The molecular weight excluding hydrogens is 382 g/mol. The van der Waals surface area contributed by atoms with Crippen LogP contribution in [-0.4, -0.2) is 35.7 Å². The molecule has 1 saturated heterocycles. The van der Waals surface area contributed by atoms with Gasteiger partial charge in [-0.05, 0) is 49.1 Å². The first-order valence-electron chi connectivity index (χ1n) is 10.5. The lowest BCUT2D eigenvalue weighted by Crippen LogP contribution is -2.42. The molecule has 2 aromatic rings. The standard InChI is InChI=1S/C23H29N3O4/c1-3-16(2)21(27)25-19-7-4-6-17(14-19)15-24-22(28)18-9-11-26(12-10-18)23(29)20-8-5-13-30-20/h4-8,13-14,16,18H,3,9-12,15H2,1-2H3,(H,24,28)(H,25,27). The molecule has 1 aromatic carbocycles. The molecule has 1 aliphatic rings. The van der Waals surface area contributed by atoms with E-state index in [-0.39, 0.29) is 29.6 Å². The molecule has 0 radical (unpaired) electrons. The van der Waals surface area contributed by atoms with E-state index in [1.165, 1.54) is 6.26 Å². The molecule has 3 amide bonds. The van der Waals surface area contributed by atoms with E-state index in [1.54, 1.807) is 17.0 Å². The Hall–Kier alpha value is -3.09. The van der Waals surface area contributed by atoms with Gasteiger partial charge in [-0.25, -0.2) is 0 Å². The number of likely N-dealkylation sites (tertiary alicyclic amines) is 1. The van der Waals surface area contributed by atoms with Gasteiger partial charge < -0.3 is 20.0 Å². The van der Waals surface area contributed by atoms with Gasteiger partial charge >= 0.3 is 0 Å². The van der Waals surface area contributed by atoms with Crippen LogP contribution in [0, 0.1) is 11.8 Å². The van der Waals surface area contributed by atoms with Gasteiger partial charge in [0.25, 0.3) is 5.91 Å². The molecule has 3 rings (SSSR count). The van der Waals surface area contributed by atoms with Crippen molar-refractivity contribution in [2.45, 2.75) is 39.7 Å². The van der Waals surface area contributed by atoms with Crippen LogP contribution in [0.3, 0.4) is 0 Å². The van der Waals surface area contributed by atoms with Crippen LogP contribution in [0.25, 0.3) is 0 Å². The zero-order chi connectivity index (χ0) is 21.5. The molecule has 0 saturated carbocycles. The molecule has 1 aliphatic heterocycles. The Morgan fingerprint density at radius 3 is 2.60 bits per heavy atom. The summed E-state index contributed by atoms with van der Waals surface area (Å²) in [6.45, 7) is 5.35. The average Bonchev–Trinajstić information content (AvgIpc) is 3.31. The number of hydrogen-bond acceptors (Lipinski definition) is 4. The van der Waals surface area contributed by atoms with E-state index in [4.69, 9.17) is 4.42 Å². The summed E-state index contributed by atoms with van der Waals surface area (Å²) in [7, 11) is 0. The topological polar surface area (TPSA) is 91.7 Å². The lowest BCUT2D eigenvalue weighted by molar-refractivity contribution is -0.126. The van der Waals surface area contributed by atoms with Gasteiger partial charge in [0, 0.05) is 37.2 Å². The van der Waals surface area contributed by atoms with E-state index in [1.807, 2.05) is 38.1 Å². The molecule has 2 N–H and O–H groups in total. The van der Waals surface area contributed by atoms with Gasteiger partial charge in [0.05, 0.1) is 6.26 Å². The van der Waals surface area contributed by atoms with Gasteiger partial charge in [-0.1, -0.05) is 26.0 Å². The average molecular weight is 412 g/mol. The molecule has 160 valence electrons. The molecule has 1 aromatic heterocycles. The van der Waals surface area contributed by atoms with Crippen molar-refractivity contribution in [2.75, 3.05) is 18.4 Å². The summed E-state index contributed by atoms with van der Waals surface area (Å²) < 4.78 is 5.17. The van der Waals surface area contributed by atoms with Crippen molar-refractivity contribution in [3.63, 3.8) is 0 Å². The number of piperidine rings is 1. The summed E-state index contributed by atoms with van der Waals surface area (Å²) in [5.41, 5.74) is 1.66. The summed E-state index contributed by atoms with van der Waals surface area (Å²) >= 11 is 0. The number of carbonyl (C=O) groups excluding carboxylic acids is 3. The highest BCUT2D eigenvalue weighted by molar-refractivity contribution is 5.92. The summed E-state index contributed by atoms with van der Waals surface area (Å²) in [6.07, 6.45) is 3.53. The molecule has 0 aliphatic carbocycles. The number of furan rings is 1. The predicted molar refractivity (Wildman–Crippen MR) is 114 cm³/mol. The van der Waals surface area contributed by atoms with E-state index < -0.39 is 0 Å². The first-order chi connectivity index (χ1) is 14.5. The van der Waals surface area contributed by atoms with Crippen molar-refractivity contribution in [1.29, 1.82) is 0 Å². The molecule has 7 nitrogen and oxygen atoms in total. The number of anilines is 1. The van der Waals surface area contributed by atoms with Gasteiger partial charge in [-0.3, -0.25) is 14.4 Å². The Kier molecular flexibility index (Phi) is 7.27. The highest BCUT2D eigenvalue weighted by atomic mass is 16.3. The number of benzene rings is 1. The Morgan fingerprint density at radius 2 is 1.93 bits per heavy atom. The molecular formula is C23H29N3O4. The molecule has 0 bridgehead atoms. The molecule has 7 heteroatoms. The van der Waals surface area contributed by atoms with Gasteiger partial charge in [0.1, 0.15) is 0 Å². The summed E-state index contributed by atoms with van der Waals surface area (Å²) in [6, 6.07) is 10.9. The second-order valence-corrected chi connectivity index (χ2v) is 7.76. The fourth-order valence-electron chi connectivity index (χ4n) is 3.44. The quantitative estimate of drug-likeness (QED) is 0.730. The maximum absolute atomic E-state index is 12.6. The highest BCUT2D eigenvalue weighted by Gasteiger charge is 2.28. The minimum atomic E-state index is -0.130. The number of nitrogens with one attached hydrogen (secondary N) is 2. The summed E-state index contributed by atoms with van der Waals surface area (Å²) in [5.74, 6) is 0.0369. The maximum atomic E-state index is 12.6. The molecule has 2 heterocycles. The van der Waals surface area contributed by atoms with Crippen molar-refractivity contribution >= 4 is 23.4 Å². The van der Waals surface area contributed by atoms with Crippen LogP contribution in [-0.2, 0) is 16.1 Å². The minimum Gasteiger partial charge on any atom is -0.459 e. The van der Waals surface area contributed by atoms with Gasteiger partial charge in [0.15, 0.2) is 5.76 Å². The van der Waals surface area contributed by atoms with Crippen molar-refractivity contribution in [1.82, 2.24) is 10.2 Å². The van der Waals surface area contributed by atoms with Crippen LogP contribution in [0.4, 0.5) is 5.69 Å². The first-order valence-corrected chi connectivity index (χ1v) is 10.5. The Balaban J connectivity index is 1.46. The fraction of sp³-hybridized carbons (Fsp3) is 0.435. The molecule has 30 heavy (non-hydrogen) atoms. The summed E-state index contributed by atoms with van der Waals surface area (Å²) in [4.78, 5) is 38.7. The van der Waals surface area contributed by atoms with E-state index in [0.717, 1.165) is 17.7 Å². The van der Waals surface area contributed by atoms with E-state index >= 15 is 0 Å². The number of nitrogens with zero attached hydrogens (tertiary/aromatic N) is 1. The van der Waals surface area contributed by atoms with E-state index in [9.17, 15) is 14.4 Å². The van der Waals surface area contributed by atoms with Crippen molar-refractivity contribution in [3.05, 3.63) is 54.0 Å². The zero-order valence-corrected chi connectivity index (χ0v) is 17.5. The second kappa shape index (κ2) is 10.1. The summed E-state index contributed by atoms with van der Waals surface area (Å²) in [5, 5.41) is 5.90. The van der Waals surface area contributed by atoms with Crippen LogP contribution >= 0.6 is 0 Å². The van der Waals surface area contributed by atoms with Crippen LogP contribution in [0.1, 0.15) is 49.2 Å². The van der Waals surface area contributed by atoms with Crippen molar-refractivity contribution < 1.29 is 18.8 Å². The van der Waals surface area contributed by atoms with Crippen LogP contribution in [0.15, 0.2) is 47.1 Å². The SMILES string of the molecule is CCC(C)C(=O)Nc1cccc(CNC(=O)C2CCN(C(=O)c3ccco3)CC2)c1. The minimum absolute atomic E-state index is 0.00505. The second-order valence-electron chi connectivity index (χ2n) is 7.76. The number of hydrogen-bond donors (Lipinski definition) is 2. The smallest absolute Gasteiger partial charge is 0.289 e. The maximum Gasteiger partial charge on any atom is 0.289 e. The number of carbonyl (C=O) groups is 3. The number of amides is 3. The van der Waals surface area contributed by atoms with Crippen molar-refractivity contribution in [2.24, 2.45) is 11.8 Å². The van der Waals surface area contributed by atoms with Gasteiger partial charge in [0.2, 0.25) is 11.8 Å². The van der Waals surface area contributed by atoms with Gasteiger partial charge in [-0.15, -0.1) is 0 Å². The zero-order valence-electron chi connectivity index (χ0n) is 17.5. The number of rotatable bonds is 7.